The molecule has 1 aromatic carbocycles. The Morgan fingerprint density at radius 3 is 2.85 bits per heavy atom. The smallest absolute Gasteiger partial charge is 0.258 e. The summed E-state index contributed by atoms with van der Waals surface area (Å²) < 4.78 is 36.8. The molecule has 4 atom stereocenters. The lowest BCUT2D eigenvalue weighted by Gasteiger charge is -2.32. The summed E-state index contributed by atoms with van der Waals surface area (Å²) in [5.41, 5.74) is 4.04. The third-order valence-electron chi connectivity index (χ3n) is 7.65. The molecule has 9 heteroatoms. The normalized spacial score (nSPS) is 25.7. The minimum absolute atomic E-state index is 0.00526. The molecule has 0 N–H and O–H groups in total. The molecule has 1 aliphatic heterocycles. The lowest BCUT2D eigenvalue weighted by molar-refractivity contribution is 0.0244. The van der Waals surface area contributed by atoms with Crippen molar-refractivity contribution in [2.24, 2.45) is 11.8 Å². The zero-order valence-electron chi connectivity index (χ0n) is 19.0. The van der Waals surface area contributed by atoms with Crippen LogP contribution in [0.1, 0.15) is 58.7 Å². The molecule has 3 aliphatic rings. The quantitative estimate of drug-likeness (QED) is 0.510. The Labute approximate surface area is 200 Å². The first-order valence-corrected chi connectivity index (χ1v) is 12.1. The average Bonchev–Trinajstić information content (AvgIpc) is 3.50. The van der Waals surface area contributed by atoms with Crippen LogP contribution in [-0.2, 0) is 13.1 Å². The van der Waals surface area contributed by atoms with Crippen molar-refractivity contribution in [3.05, 3.63) is 57.2 Å². The molecule has 2 saturated carbocycles. The Hall–Kier alpha value is -2.74. The van der Waals surface area contributed by atoms with Crippen LogP contribution in [0.3, 0.4) is 0 Å². The van der Waals surface area contributed by atoms with E-state index in [2.05, 4.69) is 10.1 Å². The minimum atomic E-state index is -1.10. The molecule has 178 valence electrons. The molecule has 6 nitrogen and oxygen atoms in total. The second-order valence-electron chi connectivity index (χ2n) is 9.83. The van der Waals surface area contributed by atoms with E-state index in [0.29, 0.717) is 41.8 Å². The van der Waals surface area contributed by atoms with Crippen molar-refractivity contribution in [2.45, 2.75) is 64.9 Å². The van der Waals surface area contributed by atoms with Gasteiger partial charge in [-0.05, 0) is 63.5 Å². The monoisotopic (exact) mass is 486 g/mol. The highest BCUT2D eigenvalue weighted by Gasteiger charge is 2.44. The molecule has 2 fully saturated rings. The Kier molecular flexibility index (Phi) is 5.06. The van der Waals surface area contributed by atoms with E-state index in [1.807, 2.05) is 13.8 Å². The van der Waals surface area contributed by atoms with Gasteiger partial charge in [-0.2, -0.15) is 5.10 Å². The van der Waals surface area contributed by atoms with Gasteiger partial charge in [0.1, 0.15) is 23.8 Å². The molecule has 2 aliphatic carbocycles. The number of aryl methyl sites for hydroxylation is 2. The first-order valence-electron chi connectivity index (χ1n) is 11.7. The third-order valence-corrected chi connectivity index (χ3v) is 8.20. The van der Waals surface area contributed by atoms with Crippen LogP contribution in [0.2, 0.25) is 5.02 Å². The van der Waals surface area contributed by atoms with Crippen molar-refractivity contribution >= 4 is 23.2 Å². The topological polar surface area (TPSA) is 59.7 Å². The maximum Gasteiger partial charge on any atom is 0.258 e. The van der Waals surface area contributed by atoms with E-state index in [-0.39, 0.29) is 23.1 Å². The standard InChI is InChI=1S/C25H25ClF2N4O2/c1-12-22(26)13(2)32-24(29-12)18-10-31(11-19(18)30-32)25(33)17-6-5-16(27)9-20(17)34-21-8-14-3-4-15(7-14)23(21)28/h5-6,9,14-15,21,23H,3-4,7-8,10-11H2,1-2H3/t14?,15?,21-,23-/m0/s1. The number of nitrogens with zero attached hydrogens (tertiary/aromatic N) is 4. The number of halogens is 3. The molecule has 2 unspecified atom stereocenters. The van der Waals surface area contributed by atoms with Crippen LogP contribution in [0.15, 0.2) is 18.2 Å². The molecular formula is C25H25ClF2N4O2. The van der Waals surface area contributed by atoms with Crippen molar-refractivity contribution in [1.29, 1.82) is 0 Å². The Balaban J connectivity index is 1.28. The van der Waals surface area contributed by atoms with E-state index >= 15 is 0 Å². The van der Waals surface area contributed by atoms with Crippen molar-refractivity contribution in [2.75, 3.05) is 0 Å². The SMILES string of the molecule is Cc1nc2c3c(nn2c(C)c1Cl)CN(C(=O)c1ccc(F)cc1O[C@H]1CC2CCC(C2)[C@@H]1F)C3. The van der Waals surface area contributed by atoms with Crippen LogP contribution >= 0.6 is 11.6 Å². The summed E-state index contributed by atoms with van der Waals surface area (Å²) in [6.45, 7) is 4.34. The van der Waals surface area contributed by atoms with Crippen LogP contribution in [0.4, 0.5) is 8.78 Å². The van der Waals surface area contributed by atoms with Gasteiger partial charge in [-0.15, -0.1) is 0 Å². The van der Waals surface area contributed by atoms with Gasteiger partial charge >= 0.3 is 0 Å². The van der Waals surface area contributed by atoms with Gasteiger partial charge in [0.2, 0.25) is 0 Å². The molecule has 3 aromatic rings. The first-order chi connectivity index (χ1) is 16.3. The van der Waals surface area contributed by atoms with E-state index in [0.717, 1.165) is 36.2 Å². The van der Waals surface area contributed by atoms with Crippen molar-refractivity contribution in [1.82, 2.24) is 19.5 Å². The van der Waals surface area contributed by atoms with Crippen molar-refractivity contribution in [3.63, 3.8) is 0 Å². The molecule has 34 heavy (non-hydrogen) atoms. The molecule has 2 bridgehead atoms. The number of hydrogen-bond acceptors (Lipinski definition) is 4. The van der Waals surface area contributed by atoms with Crippen LogP contribution < -0.4 is 4.74 Å². The van der Waals surface area contributed by atoms with Gasteiger partial charge in [-0.1, -0.05) is 11.6 Å². The summed E-state index contributed by atoms with van der Waals surface area (Å²) in [5, 5.41) is 5.19. The Morgan fingerprint density at radius 2 is 2.03 bits per heavy atom. The fourth-order valence-electron chi connectivity index (χ4n) is 5.85. The fraction of sp³-hybridized carbons (Fsp3) is 0.480. The maximum atomic E-state index is 15.0. The average molecular weight is 487 g/mol. The molecule has 6 rings (SSSR count). The summed E-state index contributed by atoms with van der Waals surface area (Å²) >= 11 is 6.32. The van der Waals surface area contributed by atoms with E-state index in [4.69, 9.17) is 16.3 Å². The molecule has 3 heterocycles. The van der Waals surface area contributed by atoms with Gasteiger partial charge < -0.3 is 9.64 Å². The number of carbonyl (C=O) groups excluding carboxylic acids is 1. The first kappa shape index (κ1) is 21.8. The highest BCUT2D eigenvalue weighted by molar-refractivity contribution is 6.31. The number of alkyl halides is 1. The van der Waals surface area contributed by atoms with Gasteiger partial charge in [0, 0.05) is 11.6 Å². The number of hydrogen-bond donors (Lipinski definition) is 0. The number of amides is 1. The third kappa shape index (κ3) is 3.37. The van der Waals surface area contributed by atoms with E-state index in [1.165, 1.54) is 18.2 Å². The van der Waals surface area contributed by atoms with Gasteiger partial charge in [-0.25, -0.2) is 18.3 Å². The van der Waals surface area contributed by atoms with Crippen molar-refractivity contribution < 1.29 is 18.3 Å². The number of carbonyl (C=O) groups is 1. The number of fused-ring (bicyclic) bond motifs is 5. The van der Waals surface area contributed by atoms with E-state index in [9.17, 15) is 13.6 Å². The molecule has 1 amide bonds. The van der Waals surface area contributed by atoms with E-state index in [1.54, 1.807) is 9.42 Å². The van der Waals surface area contributed by atoms with Crippen LogP contribution in [0, 0.1) is 31.5 Å². The lowest BCUT2D eigenvalue weighted by atomic mass is 9.85. The highest BCUT2D eigenvalue weighted by Crippen LogP contribution is 2.45. The van der Waals surface area contributed by atoms with Crippen LogP contribution in [-0.4, -0.2) is 37.7 Å². The molecule has 0 radical (unpaired) electrons. The largest absolute Gasteiger partial charge is 0.486 e. The maximum absolute atomic E-state index is 15.0. The summed E-state index contributed by atoms with van der Waals surface area (Å²) in [4.78, 5) is 19.7. The molecule has 2 aromatic heterocycles. The van der Waals surface area contributed by atoms with Gasteiger partial charge in [0.25, 0.3) is 5.91 Å². The van der Waals surface area contributed by atoms with Gasteiger partial charge in [0.15, 0.2) is 5.65 Å². The summed E-state index contributed by atoms with van der Waals surface area (Å²) in [6, 6.07) is 3.85. The Bertz CT molecular complexity index is 1330. The summed E-state index contributed by atoms with van der Waals surface area (Å²) in [7, 11) is 0. The van der Waals surface area contributed by atoms with Crippen molar-refractivity contribution in [3.8, 4) is 5.75 Å². The molecule has 0 saturated heterocycles. The minimum Gasteiger partial charge on any atom is -0.486 e. The summed E-state index contributed by atoms with van der Waals surface area (Å²) in [6.07, 6.45) is 1.61. The number of aromatic nitrogens is 3. The number of ether oxygens (including phenoxy) is 1. The fourth-order valence-corrected chi connectivity index (χ4v) is 5.98. The highest BCUT2D eigenvalue weighted by atomic mass is 35.5. The van der Waals surface area contributed by atoms with Crippen LogP contribution in [0.25, 0.3) is 5.65 Å². The van der Waals surface area contributed by atoms with Crippen LogP contribution in [0.5, 0.6) is 5.75 Å². The Morgan fingerprint density at radius 1 is 1.21 bits per heavy atom. The van der Waals surface area contributed by atoms with Gasteiger partial charge in [-0.3, -0.25) is 4.79 Å². The molecular weight excluding hydrogens is 462 g/mol. The zero-order valence-corrected chi connectivity index (χ0v) is 19.8. The second-order valence-corrected chi connectivity index (χ2v) is 10.2. The number of benzene rings is 1. The second kappa shape index (κ2) is 7.90. The predicted molar refractivity (Wildman–Crippen MR) is 122 cm³/mol. The van der Waals surface area contributed by atoms with E-state index < -0.39 is 18.1 Å². The lowest BCUT2D eigenvalue weighted by Crippen LogP contribution is -2.38. The zero-order chi connectivity index (χ0) is 23.7. The molecule has 0 spiro atoms. The predicted octanol–water partition coefficient (Wildman–Crippen LogP) is 5.20. The van der Waals surface area contributed by atoms with Gasteiger partial charge in [0.05, 0.1) is 40.8 Å². The number of rotatable bonds is 3. The summed E-state index contributed by atoms with van der Waals surface area (Å²) in [5.74, 6) is -0.283.